The van der Waals surface area contributed by atoms with E-state index >= 15 is 0 Å². The second kappa shape index (κ2) is 3.45. The van der Waals surface area contributed by atoms with E-state index in [0.717, 1.165) is 7.11 Å². The Morgan fingerprint density at radius 3 is 2.69 bits per heavy atom. The lowest BCUT2D eigenvalue weighted by Gasteiger charge is -2.18. The van der Waals surface area contributed by atoms with Crippen LogP contribution in [0, 0.1) is 5.92 Å². The lowest BCUT2D eigenvalue weighted by molar-refractivity contribution is -0.148. The Bertz CT molecular complexity index is 321. The average molecular weight is 206 g/mol. The largest absolute Gasteiger partial charge is 0.468 e. The van der Waals surface area contributed by atoms with Gasteiger partial charge < -0.3 is 4.74 Å². The van der Waals surface area contributed by atoms with Crippen LogP contribution in [0.3, 0.4) is 0 Å². The molecule has 1 saturated heterocycles. The summed E-state index contributed by atoms with van der Waals surface area (Å²) < 4.78 is 26.5. The van der Waals surface area contributed by atoms with Crippen molar-refractivity contribution in [3.63, 3.8) is 0 Å². The van der Waals surface area contributed by atoms with Gasteiger partial charge in [-0.25, -0.2) is 8.42 Å². The maximum absolute atomic E-state index is 11.1. The second-order valence-corrected chi connectivity index (χ2v) is 5.14. The van der Waals surface area contributed by atoms with Gasteiger partial charge in [-0.05, 0) is 0 Å². The van der Waals surface area contributed by atoms with Gasteiger partial charge in [0.2, 0.25) is 0 Å². The Morgan fingerprint density at radius 2 is 2.15 bits per heavy atom. The number of hydrogen-bond acceptors (Lipinski definition) is 5. The minimum atomic E-state index is -3.24. The molecular formula is C7H10O5S. The maximum atomic E-state index is 11.1. The first-order chi connectivity index (χ1) is 5.96. The van der Waals surface area contributed by atoms with Crippen LogP contribution in [-0.2, 0) is 24.2 Å². The topological polar surface area (TPSA) is 77.5 Å². The Morgan fingerprint density at radius 1 is 1.54 bits per heavy atom. The van der Waals surface area contributed by atoms with Crippen molar-refractivity contribution in [3.05, 3.63) is 0 Å². The summed E-state index contributed by atoms with van der Waals surface area (Å²) in [6, 6.07) is 0. The number of methoxy groups -OCH3 is 1. The van der Waals surface area contributed by atoms with Crippen molar-refractivity contribution in [1.82, 2.24) is 0 Å². The summed E-state index contributed by atoms with van der Waals surface area (Å²) in [6.07, 6.45) is -0.0813. The fourth-order valence-electron chi connectivity index (χ4n) is 1.20. The van der Waals surface area contributed by atoms with E-state index in [1.54, 1.807) is 0 Å². The minimum Gasteiger partial charge on any atom is -0.468 e. The lowest BCUT2D eigenvalue weighted by Crippen LogP contribution is -2.38. The highest BCUT2D eigenvalue weighted by atomic mass is 32.2. The van der Waals surface area contributed by atoms with Crippen LogP contribution >= 0.6 is 0 Å². The molecule has 0 spiro atoms. The molecule has 0 aliphatic carbocycles. The lowest BCUT2D eigenvalue weighted by atomic mass is 10.0. The molecule has 1 rings (SSSR count). The van der Waals surface area contributed by atoms with E-state index in [1.807, 2.05) is 0 Å². The Labute approximate surface area is 76.0 Å². The van der Waals surface area contributed by atoms with Crippen LogP contribution in [0.15, 0.2) is 0 Å². The fraction of sp³-hybridized carbons (Fsp3) is 0.714. The Hall–Kier alpha value is -0.910. The predicted molar refractivity (Wildman–Crippen MR) is 43.8 cm³/mol. The van der Waals surface area contributed by atoms with Crippen molar-refractivity contribution >= 4 is 21.6 Å². The molecule has 0 saturated carbocycles. The molecular weight excluding hydrogens is 196 g/mol. The zero-order chi connectivity index (χ0) is 10.1. The van der Waals surface area contributed by atoms with Crippen molar-refractivity contribution in [2.24, 2.45) is 5.92 Å². The van der Waals surface area contributed by atoms with Crippen molar-refractivity contribution < 1.29 is 22.7 Å². The van der Waals surface area contributed by atoms with Crippen LogP contribution in [0.1, 0.15) is 6.42 Å². The number of sulfone groups is 1. The third kappa shape index (κ3) is 2.27. The molecule has 13 heavy (non-hydrogen) atoms. The van der Waals surface area contributed by atoms with Gasteiger partial charge >= 0.3 is 5.97 Å². The van der Waals surface area contributed by atoms with E-state index in [4.69, 9.17) is 0 Å². The van der Waals surface area contributed by atoms with Gasteiger partial charge in [-0.15, -0.1) is 0 Å². The quantitative estimate of drug-likeness (QED) is 0.413. The maximum Gasteiger partial charge on any atom is 0.317 e. The molecule has 1 heterocycles. The predicted octanol–water partition coefficient (Wildman–Crippen LogP) is -0.837. The summed E-state index contributed by atoms with van der Waals surface area (Å²) in [6.45, 7) is 0. The van der Waals surface area contributed by atoms with E-state index in [1.165, 1.54) is 0 Å². The molecule has 0 unspecified atom stereocenters. The summed E-state index contributed by atoms with van der Waals surface area (Å²) in [5.74, 6) is -2.77. The van der Waals surface area contributed by atoms with Crippen LogP contribution < -0.4 is 0 Å². The van der Waals surface area contributed by atoms with E-state index in [0.29, 0.717) is 0 Å². The van der Waals surface area contributed by atoms with E-state index < -0.39 is 27.5 Å². The van der Waals surface area contributed by atoms with Gasteiger partial charge in [0.15, 0.2) is 9.84 Å². The summed E-state index contributed by atoms with van der Waals surface area (Å²) in [5.41, 5.74) is 0. The first-order valence-corrected chi connectivity index (χ1v) is 5.59. The average Bonchev–Trinajstić information content (AvgIpc) is 2.08. The number of ether oxygens (including phenoxy) is 1. The van der Waals surface area contributed by atoms with Crippen LogP contribution in [0.4, 0.5) is 0 Å². The summed E-state index contributed by atoms with van der Waals surface area (Å²) in [5, 5.41) is 0. The SMILES string of the molecule is COC(=O)[C@H]1CS(=O)(=O)CCC1=O. The van der Waals surface area contributed by atoms with Crippen molar-refractivity contribution in [1.29, 1.82) is 0 Å². The van der Waals surface area contributed by atoms with Crippen LogP contribution in [0.2, 0.25) is 0 Å². The molecule has 0 amide bonds. The number of carbonyl (C=O) groups is 2. The van der Waals surface area contributed by atoms with E-state index in [2.05, 4.69) is 4.74 Å². The molecule has 0 bridgehead atoms. The molecule has 1 atom stereocenters. The first kappa shape index (κ1) is 10.2. The molecule has 1 fully saturated rings. The third-order valence-electron chi connectivity index (χ3n) is 1.95. The molecule has 1 aliphatic rings. The van der Waals surface area contributed by atoms with E-state index in [9.17, 15) is 18.0 Å². The molecule has 0 radical (unpaired) electrons. The standard InChI is InChI=1S/C7H10O5S/c1-12-7(9)5-4-13(10,11)3-2-6(5)8/h5H,2-4H2,1H3/t5-/m0/s1. The van der Waals surface area contributed by atoms with Gasteiger partial charge in [0.05, 0.1) is 18.6 Å². The van der Waals surface area contributed by atoms with Crippen LogP contribution in [0.25, 0.3) is 0 Å². The highest BCUT2D eigenvalue weighted by Crippen LogP contribution is 2.15. The molecule has 0 aromatic rings. The normalized spacial score (nSPS) is 26.8. The molecule has 74 valence electrons. The number of Topliss-reactive ketones (excluding diaryl/α,β-unsaturated/α-hetero) is 1. The van der Waals surface area contributed by atoms with Crippen molar-refractivity contribution in [3.8, 4) is 0 Å². The molecule has 6 heteroatoms. The number of hydrogen-bond donors (Lipinski definition) is 0. The Kier molecular flexibility index (Phi) is 2.70. The first-order valence-electron chi connectivity index (χ1n) is 3.77. The van der Waals surface area contributed by atoms with Crippen LogP contribution in [-0.4, -0.2) is 38.8 Å². The highest BCUT2D eigenvalue weighted by molar-refractivity contribution is 7.91. The molecule has 0 N–H and O–H groups in total. The number of esters is 1. The summed E-state index contributed by atoms with van der Waals surface area (Å²) in [7, 11) is -2.11. The number of carbonyl (C=O) groups excluding carboxylic acids is 2. The molecule has 0 aromatic carbocycles. The van der Waals surface area contributed by atoms with Gasteiger partial charge in [-0.3, -0.25) is 9.59 Å². The molecule has 0 aromatic heterocycles. The smallest absolute Gasteiger partial charge is 0.317 e. The zero-order valence-corrected chi connectivity index (χ0v) is 7.96. The van der Waals surface area contributed by atoms with E-state index in [-0.39, 0.29) is 18.0 Å². The summed E-state index contributed by atoms with van der Waals surface area (Å²) >= 11 is 0. The van der Waals surface area contributed by atoms with Gasteiger partial charge in [-0.1, -0.05) is 0 Å². The van der Waals surface area contributed by atoms with Crippen LogP contribution in [0.5, 0.6) is 0 Å². The van der Waals surface area contributed by atoms with Gasteiger partial charge in [0.1, 0.15) is 11.7 Å². The van der Waals surface area contributed by atoms with Crippen molar-refractivity contribution in [2.45, 2.75) is 6.42 Å². The number of ketones is 1. The van der Waals surface area contributed by atoms with Gasteiger partial charge in [0, 0.05) is 6.42 Å². The van der Waals surface area contributed by atoms with Crippen molar-refractivity contribution in [2.75, 3.05) is 18.6 Å². The number of rotatable bonds is 1. The molecule has 1 aliphatic heterocycles. The second-order valence-electron chi connectivity index (χ2n) is 2.91. The zero-order valence-electron chi connectivity index (χ0n) is 7.15. The highest BCUT2D eigenvalue weighted by Gasteiger charge is 2.37. The third-order valence-corrected chi connectivity index (χ3v) is 3.62. The van der Waals surface area contributed by atoms with Gasteiger partial charge in [0.25, 0.3) is 0 Å². The fourth-order valence-corrected chi connectivity index (χ4v) is 2.71. The minimum absolute atomic E-state index is 0.0813. The summed E-state index contributed by atoms with van der Waals surface area (Å²) in [4.78, 5) is 22.1. The monoisotopic (exact) mass is 206 g/mol. The Balaban J connectivity index is 2.83. The molecule has 5 nitrogen and oxygen atoms in total. The van der Waals surface area contributed by atoms with Gasteiger partial charge in [-0.2, -0.15) is 0 Å².